The summed E-state index contributed by atoms with van der Waals surface area (Å²) < 4.78 is 6.18. The van der Waals surface area contributed by atoms with Crippen LogP contribution in [0, 0.1) is 0 Å². The molecular weight excluding hydrogens is 290 g/mol. The van der Waals surface area contributed by atoms with E-state index in [1.807, 2.05) is 19.9 Å². The van der Waals surface area contributed by atoms with Gasteiger partial charge in [-0.1, -0.05) is 0 Å². The fraction of sp³-hybridized carbons (Fsp3) is 0.636. The van der Waals surface area contributed by atoms with Gasteiger partial charge in [0.15, 0.2) is 5.06 Å². The SMILES string of the molecule is COc1sc(CNC(C)(C)C(C)O)cc1Br. The molecule has 16 heavy (non-hydrogen) atoms. The molecule has 0 aromatic carbocycles. The lowest BCUT2D eigenvalue weighted by atomic mass is 9.99. The highest BCUT2D eigenvalue weighted by Gasteiger charge is 2.23. The molecular formula is C11H18BrNO2S. The predicted octanol–water partition coefficient (Wildman–Crippen LogP) is 2.77. The van der Waals surface area contributed by atoms with Crippen molar-refractivity contribution in [1.82, 2.24) is 5.32 Å². The standard InChI is InChI=1S/C11H18BrNO2S/c1-7(14)11(2,3)13-6-8-5-9(12)10(15-4)16-8/h5,7,13-14H,6H2,1-4H3. The fourth-order valence-electron chi connectivity index (χ4n) is 1.09. The lowest BCUT2D eigenvalue weighted by molar-refractivity contribution is 0.0958. The highest BCUT2D eigenvalue weighted by atomic mass is 79.9. The first-order valence-electron chi connectivity index (χ1n) is 5.12. The molecule has 92 valence electrons. The van der Waals surface area contributed by atoms with Crippen molar-refractivity contribution in [1.29, 1.82) is 0 Å². The molecule has 1 aromatic rings. The Morgan fingerprint density at radius 3 is 2.69 bits per heavy atom. The van der Waals surface area contributed by atoms with Gasteiger partial charge in [0.1, 0.15) is 0 Å². The zero-order valence-electron chi connectivity index (χ0n) is 10.0. The number of rotatable bonds is 5. The van der Waals surface area contributed by atoms with Crippen molar-refractivity contribution in [3.05, 3.63) is 15.4 Å². The summed E-state index contributed by atoms with van der Waals surface area (Å²) in [6.07, 6.45) is -0.391. The molecule has 0 spiro atoms. The van der Waals surface area contributed by atoms with Crippen molar-refractivity contribution in [3.8, 4) is 5.06 Å². The maximum Gasteiger partial charge on any atom is 0.188 e. The summed E-state index contributed by atoms with van der Waals surface area (Å²) in [5, 5.41) is 13.8. The third-order valence-electron chi connectivity index (χ3n) is 2.65. The van der Waals surface area contributed by atoms with Gasteiger partial charge in [-0.15, -0.1) is 11.3 Å². The third-order valence-corrected chi connectivity index (χ3v) is 4.60. The van der Waals surface area contributed by atoms with Gasteiger partial charge in [-0.3, -0.25) is 0 Å². The van der Waals surface area contributed by atoms with Crippen molar-refractivity contribution in [2.45, 2.75) is 39.0 Å². The number of aliphatic hydroxyl groups excluding tert-OH is 1. The number of hydrogen-bond acceptors (Lipinski definition) is 4. The van der Waals surface area contributed by atoms with Gasteiger partial charge in [-0.25, -0.2) is 0 Å². The van der Waals surface area contributed by atoms with Gasteiger partial charge in [0.05, 0.1) is 17.7 Å². The van der Waals surface area contributed by atoms with Crippen molar-refractivity contribution in [3.63, 3.8) is 0 Å². The predicted molar refractivity (Wildman–Crippen MR) is 71.2 cm³/mol. The van der Waals surface area contributed by atoms with E-state index in [0.29, 0.717) is 0 Å². The number of thiophene rings is 1. The molecule has 0 saturated carbocycles. The van der Waals surface area contributed by atoms with Crippen LogP contribution in [-0.2, 0) is 6.54 Å². The average molecular weight is 308 g/mol. The Balaban J connectivity index is 2.61. The van der Waals surface area contributed by atoms with Crippen LogP contribution in [0.4, 0.5) is 0 Å². The van der Waals surface area contributed by atoms with E-state index in [9.17, 15) is 5.11 Å². The number of aliphatic hydroxyl groups is 1. The van der Waals surface area contributed by atoms with E-state index in [4.69, 9.17) is 4.74 Å². The molecule has 1 atom stereocenters. The second-order valence-electron chi connectivity index (χ2n) is 4.30. The summed E-state index contributed by atoms with van der Waals surface area (Å²) in [7, 11) is 1.66. The molecule has 0 aliphatic rings. The van der Waals surface area contributed by atoms with E-state index < -0.39 is 6.10 Å². The van der Waals surface area contributed by atoms with Gasteiger partial charge in [0.25, 0.3) is 0 Å². The Kier molecular flexibility index (Phi) is 4.79. The Labute approximate surface area is 109 Å². The summed E-state index contributed by atoms with van der Waals surface area (Å²) in [6.45, 7) is 6.48. The van der Waals surface area contributed by atoms with E-state index in [1.54, 1.807) is 25.4 Å². The Hall–Kier alpha value is -0.100. The number of ether oxygens (including phenoxy) is 1. The fourth-order valence-corrected chi connectivity index (χ4v) is 2.72. The van der Waals surface area contributed by atoms with Crippen molar-refractivity contribution in [2.24, 2.45) is 0 Å². The molecule has 5 heteroatoms. The number of methoxy groups -OCH3 is 1. The van der Waals surface area contributed by atoms with E-state index in [1.165, 1.54) is 4.88 Å². The summed E-state index contributed by atoms with van der Waals surface area (Å²) in [6, 6.07) is 2.04. The zero-order valence-corrected chi connectivity index (χ0v) is 12.4. The average Bonchev–Trinajstić information content (AvgIpc) is 2.56. The topological polar surface area (TPSA) is 41.5 Å². The molecule has 1 unspecified atom stereocenters. The Bertz CT molecular complexity index is 350. The van der Waals surface area contributed by atoms with Crippen LogP contribution in [0.2, 0.25) is 0 Å². The van der Waals surface area contributed by atoms with Crippen LogP contribution in [0.3, 0.4) is 0 Å². The lowest BCUT2D eigenvalue weighted by Crippen LogP contribution is -2.47. The summed E-state index contributed by atoms with van der Waals surface area (Å²) in [4.78, 5) is 1.18. The van der Waals surface area contributed by atoms with E-state index in [-0.39, 0.29) is 5.54 Å². The molecule has 2 N–H and O–H groups in total. The smallest absolute Gasteiger partial charge is 0.188 e. The van der Waals surface area contributed by atoms with Crippen molar-refractivity contribution in [2.75, 3.05) is 7.11 Å². The maximum atomic E-state index is 9.57. The van der Waals surface area contributed by atoms with E-state index in [0.717, 1.165) is 16.1 Å². The van der Waals surface area contributed by atoms with Gasteiger partial charge >= 0.3 is 0 Å². The van der Waals surface area contributed by atoms with Crippen LogP contribution in [0.15, 0.2) is 10.5 Å². The van der Waals surface area contributed by atoms with Crippen LogP contribution in [0.5, 0.6) is 5.06 Å². The van der Waals surface area contributed by atoms with Gasteiger partial charge < -0.3 is 15.2 Å². The highest BCUT2D eigenvalue weighted by molar-refractivity contribution is 9.10. The first-order valence-corrected chi connectivity index (χ1v) is 6.73. The van der Waals surface area contributed by atoms with Crippen LogP contribution in [0.1, 0.15) is 25.6 Å². The zero-order chi connectivity index (χ0) is 12.3. The van der Waals surface area contributed by atoms with Gasteiger partial charge in [-0.2, -0.15) is 0 Å². The molecule has 1 aromatic heterocycles. The van der Waals surface area contributed by atoms with Crippen LogP contribution in [-0.4, -0.2) is 23.9 Å². The van der Waals surface area contributed by atoms with Gasteiger partial charge in [-0.05, 0) is 42.8 Å². The molecule has 0 amide bonds. The van der Waals surface area contributed by atoms with E-state index in [2.05, 4.69) is 21.2 Å². The molecule has 0 aliphatic carbocycles. The maximum absolute atomic E-state index is 9.57. The molecule has 3 nitrogen and oxygen atoms in total. The minimum atomic E-state index is -0.391. The molecule has 0 radical (unpaired) electrons. The van der Waals surface area contributed by atoms with Crippen molar-refractivity contribution < 1.29 is 9.84 Å². The first-order chi connectivity index (χ1) is 7.36. The van der Waals surface area contributed by atoms with Gasteiger partial charge in [0.2, 0.25) is 0 Å². The summed E-state index contributed by atoms with van der Waals surface area (Å²) in [5.74, 6) is 0. The van der Waals surface area contributed by atoms with Gasteiger partial charge in [0, 0.05) is 17.0 Å². The van der Waals surface area contributed by atoms with Crippen LogP contribution < -0.4 is 10.1 Å². The summed E-state index contributed by atoms with van der Waals surface area (Å²) >= 11 is 5.03. The minimum Gasteiger partial charge on any atom is -0.486 e. The second-order valence-corrected chi connectivity index (χ2v) is 6.26. The molecule has 0 aliphatic heterocycles. The third kappa shape index (κ3) is 3.45. The molecule has 0 fully saturated rings. The second kappa shape index (κ2) is 5.49. The normalized spacial score (nSPS) is 13.9. The monoisotopic (exact) mass is 307 g/mol. The van der Waals surface area contributed by atoms with Crippen molar-refractivity contribution >= 4 is 27.3 Å². The minimum absolute atomic E-state index is 0.288. The molecule has 1 heterocycles. The largest absolute Gasteiger partial charge is 0.486 e. The first kappa shape index (κ1) is 14.0. The molecule has 1 rings (SSSR count). The molecule has 0 saturated heterocycles. The highest BCUT2D eigenvalue weighted by Crippen LogP contribution is 2.34. The van der Waals surface area contributed by atoms with Crippen LogP contribution in [0.25, 0.3) is 0 Å². The number of nitrogens with one attached hydrogen (secondary N) is 1. The quantitative estimate of drug-likeness (QED) is 0.879. The molecule has 0 bridgehead atoms. The lowest BCUT2D eigenvalue weighted by Gasteiger charge is -2.29. The Morgan fingerprint density at radius 2 is 2.25 bits per heavy atom. The van der Waals surface area contributed by atoms with E-state index >= 15 is 0 Å². The van der Waals surface area contributed by atoms with Crippen LogP contribution >= 0.6 is 27.3 Å². The number of hydrogen-bond donors (Lipinski definition) is 2. The summed E-state index contributed by atoms with van der Waals surface area (Å²) in [5.41, 5.74) is -0.288. The Morgan fingerprint density at radius 1 is 1.62 bits per heavy atom. The number of halogens is 1.